The first-order chi connectivity index (χ1) is 8.65. The molecule has 0 bridgehead atoms. The fraction of sp³-hybridized carbons (Fsp3) is 0.625. The first-order valence-electron chi connectivity index (χ1n) is 6.80. The van der Waals surface area contributed by atoms with Crippen molar-refractivity contribution < 1.29 is 4.84 Å². The third kappa shape index (κ3) is 1.71. The molecule has 1 unspecified atom stereocenters. The average molecular weight is 261 g/mol. The van der Waals surface area contributed by atoms with E-state index >= 15 is 0 Å². The topological polar surface area (TPSA) is 38.7 Å². The lowest BCUT2D eigenvalue weighted by Crippen LogP contribution is -2.31. The number of nitrogens with zero attached hydrogens (tertiary/aromatic N) is 1. The van der Waals surface area contributed by atoms with Gasteiger partial charge in [0.25, 0.3) is 0 Å². The Balaban J connectivity index is 2.80. The number of fused-ring (bicyclic) bond motifs is 1. The summed E-state index contributed by atoms with van der Waals surface area (Å²) in [6.07, 6.45) is 0. The lowest BCUT2D eigenvalue weighted by molar-refractivity contribution is 0.263. The van der Waals surface area contributed by atoms with Gasteiger partial charge in [-0.15, -0.1) is 4.91 Å². The Morgan fingerprint density at radius 3 is 2.26 bits per heavy atom. The summed E-state index contributed by atoms with van der Waals surface area (Å²) in [6, 6.07) is 2.16. The molecule has 1 aromatic carbocycles. The quantitative estimate of drug-likeness (QED) is 0.578. The van der Waals surface area contributed by atoms with Gasteiger partial charge in [-0.1, -0.05) is 40.7 Å². The zero-order valence-electron chi connectivity index (χ0n) is 12.9. The maximum absolute atomic E-state index is 10.5. The summed E-state index contributed by atoms with van der Waals surface area (Å²) in [4.78, 5) is 15.4. The van der Waals surface area contributed by atoms with Gasteiger partial charge in [-0.3, -0.25) is 0 Å². The number of aryl methyl sites for hydroxylation is 1. The molecule has 0 amide bonds. The van der Waals surface area contributed by atoms with E-state index in [1.807, 2.05) is 13.8 Å². The average Bonchev–Trinajstić information content (AvgIpc) is 2.43. The predicted octanol–water partition coefficient (Wildman–Crippen LogP) is 4.57. The molecule has 0 saturated carbocycles. The predicted molar refractivity (Wildman–Crippen MR) is 77.6 cm³/mol. The highest BCUT2D eigenvalue weighted by atomic mass is 16.7. The second-order valence-corrected chi connectivity index (χ2v) is 6.90. The fourth-order valence-electron chi connectivity index (χ4n) is 3.83. The molecule has 1 atom stereocenters. The van der Waals surface area contributed by atoms with Crippen LogP contribution in [0, 0.1) is 24.7 Å². The zero-order valence-corrected chi connectivity index (χ0v) is 12.9. The molecule has 3 heteroatoms. The summed E-state index contributed by atoms with van der Waals surface area (Å²) >= 11 is 0. The summed E-state index contributed by atoms with van der Waals surface area (Å²) in [7, 11) is 0. The number of hydrogen-bond donors (Lipinski definition) is 0. The van der Waals surface area contributed by atoms with Gasteiger partial charge in [0.1, 0.15) is 0 Å². The smallest absolute Gasteiger partial charge is 0.167 e. The Morgan fingerprint density at radius 1 is 1.16 bits per heavy atom. The van der Waals surface area contributed by atoms with Crippen molar-refractivity contribution in [1.82, 2.24) is 0 Å². The lowest BCUT2D eigenvalue weighted by Gasteiger charge is -2.33. The van der Waals surface area contributed by atoms with Crippen LogP contribution in [0.15, 0.2) is 11.4 Å². The molecule has 1 aliphatic rings. The highest BCUT2D eigenvalue weighted by Crippen LogP contribution is 2.56. The van der Waals surface area contributed by atoms with Crippen molar-refractivity contribution in [3.63, 3.8) is 0 Å². The van der Waals surface area contributed by atoms with Gasteiger partial charge in [0.15, 0.2) is 11.1 Å². The summed E-state index contributed by atoms with van der Waals surface area (Å²) in [5.41, 5.74) is 4.91. The molecule has 0 N–H and O–H groups in total. The van der Waals surface area contributed by atoms with Crippen LogP contribution in [0.5, 0.6) is 5.75 Å². The number of benzene rings is 1. The maximum Gasteiger partial charge on any atom is 0.167 e. The normalized spacial score (nSPS) is 23.0. The van der Waals surface area contributed by atoms with Crippen LogP contribution in [0.3, 0.4) is 0 Å². The monoisotopic (exact) mass is 261 g/mol. The summed E-state index contributed by atoms with van der Waals surface area (Å²) in [5.74, 6) is 1.14. The van der Waals surface area contributed by atoms with E-state index in [2.05, 4.69) is 46.0 Å². The Labute approximate surface area is 115 Å². The largest absolute Gasteiger partial charge is 0.323 e. The molecule has 0 heterocycles. The van der Waals surface area contributed by atoms with Crippen molar-refractivity contribution in [3.05, 3.63) is 33.2 Å². The van der Waals surface area contributed by atoms with Crippen molar-refractivity contribution in [1.29, 1.82) is 0 Å². The minimum absolute atomic E-state index is 0.0671. The van der Waals surface area contributed by atoms with E-state index in [0.717, 1.165) is 11.1 Å². The molecule has 0 aromatic heterocycles. The van der Waals surface area contributed by atoms with Crippen LogP contribution >= 0.6 is 0 Å². The van der Waals surface area contributed by atoms with Gasteiger partial charge >= 0.3 is 0 Å². The minimum atomic E-state index is 0.0671. The van der Waals surface area contributed by atoms with E-state index < -0.39 is 0 Å². The molecular weight excluding hydrogens is 238 g/mol. The van der Waals surface area contributed by atoms with Gasteiger partial charge in [0.05, 0.1) is 0 Å². The third-order valence-corrected chi connectivity index (χ3v) is 5.34. The second-order valence-electron chi connectivity index (χ2n) is 6.90. The minimum Gasteiger partial charge on any atom is -0.323 e. The first-order valence-corrected chi connectivity index (χ1v) is 6.80. The van der Waals surface area contributed by atoms with E-state index in [4.69, 9.17) is 4.84 Å². The lowest BCUT2D eigenvalue weighted by atomic mass is 9.71. The molecule has 2 rings (SSSR count). The molecule has 0 saturated heterocycles. The van der Waals surface area contributed by atoms with Gasteiger partial charge < -0.3 is 4.84 Å². The molecule has 0 spiro atoms. The Morgan fingerprint density at radius 2 is 1.74 bits per heavy atom. The summed E-state index contributed by atoms with van der Waals surface area (Å²) in [6.45, 7) is 15.4. The first kappa shape index (κ1) is 14.0. The zero-order chi connectivity index (χ0) is 14.6. The molecule has 0 radical (unpaired) electrons. The Kier molecular flexibility index (Phi) is 3.00. The number of rotatable bonds is 2. The SMILES string of the molecule is Cc1cc2c(c(C)c1ON=O)C(C)(C)C(C)C2(C)C. The molecule has 104 valence electrons. The highest BCUT2D eigenvalue weighted by Gasteiger charge is 2.49. The van der Waals surface area contributed by atoms with Crippen LogP contribution in [0.4, 0.5) is 0 Å². The Hall–Kier alpha value is -1.38. The molecule has 3 nitrogen and oxygen atoms in total. The van der Waals surface area contributed by atoms with E-state index in [1.54, 1.807) is 0 Å². The van der Waals surface area contributed by atoms with E-state index in [9.17, 15) is 4.91 Å². The van der Waals surface area contributed by atoms with Crippen LogP contribution in [-0.4, -0.2) is 0 Å². The van der Waals surface area contributed by atoms with Gasteiger partial charge in [0, 0.05) is 0 Å². The van der Waals surface area contributed by atoms with Crippen molar-refractivity contribution in [2.75, 3.05) is 0 Å². The van der Waals surface area contributed by atoms with Crippen molar-refractivity contribution in [3.8, 4) is 5.75 Å². The second kappa shape index (κ2) is 4.06. The molecule has 0 aliphatic heterocycles. The fourth-order valence-corrected chi connectivity index (χ4v) is 3.83. The van der Waals surface area contributed by atoms with Crippen molar-refractivity contribution >= 4 is 0 Å². The van der Waals surface area contributed by atoms with Crippen LogP contribution < -0.4 is 4.84 Å². The van der Waals surface area contributed by atoms with E-state index in [1.165, 1.54) is 11.1 Å². The van der Waals surface area contributed by atoms with E-state index in [0.29, 0.717) is 11.7 Å². The summed E-state index contributed by atoms with van der Waals surface area (Å²) < 4.78 is 0. The van der Waals surface area contributed by atoms with Crippen molar-refractivity contribution in [2.24, 2.45) is 11.3 Å². The molecule has 19 heavy (non-hydrogen) atoms. The standard InChI is InChI=1S/C16H23NO2/c1-9-8-12-13(10(2)14(9)19-17-18)16(6,7)11(3)15(12,4)5/h8,11H,1-7H3. The van der Waals surface area contributed by atoms with Crippen LogP contribution in [0.2, 0.25) is 0 Å². The van der Waals surface area contributed by atoms with Crippen molar-refractivity contribution in [2.45, 2.75) is 59.3 Å². The van der Waals surface area contributed by atoms with Crippen LogP contribution in [-0.2, 0) is 10.8 Å². The summed E-state index contributed by atoms with van der Waals surface area (Å²) in [5, 5.41) is 2.61. The molecule has 1 aromatic rings. The van der Waals surface area contributed by atoms with Gasteiger partial charge in [-0.2, -0.15) is 0 Å². The molecule has 0 fully saturated rings. The number of hydrogen-bond acceptors (Lipinski definition) is 3. The van der Waals surface area contributed by atoms with E-state index in [-0.39, 0.29) is 10.8 Å². The van der Waals surface area contributed by atoms with Gasteiger partial charge in [-0.05, 0) is 52.8 Å². The highest BCUT2D eigenvalue weighted by molar-refractivity contribution is 5.58. The molecular formula is C16H23NO2. The van der Waals surface area contributed by atoms with Crippen LogP contribution in [0.25, 0.3) is 0 Å². The third-order valence-electron chi connectivity index (χ3n) is 5.34. The van der Waals surface area contributed by atoms with Gasteiger partial charge in [0.2, 0.25) is 0 Å². The van der Waals surface area contributed by atoms with Gasteiger partial charge in [-0.25, -0.2) is 0 Å². The Bertz CT molecular complexity index is 544. The maximum atomic E-state index is 10.5. The molecule has 1 aliphatic carbocycles. The van der Waals surface area contributed by atoms with Crippen LogP contribution in [0.1, 0.15) is 56.9 Å².